The van der Waals surface area contributed by atoms with Gasteiger partial charge in [-0.2, -0.15) is 0 Å². The molecule has 2 heterocycles. The molecule has 0 atom stereocenters. The molecular weight excluding hydrogens is 346 g/mol. The van der Waals surface area contributed by atoms with E-state index in [0.717, 1.165) is 35.2 Å². The highest BCUT2D eigenvalue weighted by atomic mass is 16.7. The standard InChI is InChI=1S/C21H23NO5/c1-22-6-5-14-8-19-20(27-12-26-19)9-16(14)18(24)7-13-3-4-15(11-23)21(25-2)17(13)10-22/h3-4,8-9,23H,5-7,10-12H2,1-2H3. The van der Waals surface area contributed by atoms with Gasteiger partial charge in [0.15, 0.2) is 17.3 Å². The number of carbonyl (C=O) groups excluding carboxylic acids is 1. The lowest BCUT2D eigenvalue weighted by atomic mass is 9.91. The van der Waals surface area contributed by atoms with E-state index in [-0.39, 0.29) is 25.6 Å². The molecule has 2 aliphatic heterocycles. The highest BCUT2D eigenvalue weighted by molar-refractivity contribution is 6.00. The van der Waals surface area contributed by atoms with Gasteiger partial charge in [0.25, 0.3) is 0 Å². The molecule has 0 saturated heterocycles. The van der Waals surface area contributed by atoms with Crippen LogP contribution in [-0.4, -0.2) is 43.3 Å². The number of rotatable bonds is 2. The highest BCUT2D eigenvalue weighted by Crippen LogP contribution is 2.37. The fourth-order valence-electron chi connectivity index (χ4n) is 3.81. The molecule has 142 valence electrons. The summed E-state index contributed by atoms with van der Waals surface area (Å²) < 4.78 is 16.5. The van der Waals surface area contributed by atoms with Crippen molar-refractivity contribution in [1.82, 2.24) is 4.90 Å². The molecule has 6 nitrogen and oxygen atoms in total. The number of nitrogens with zero attached hydrogens (tertiary/aromatic N) is 1. The van der Waals surface area contributed by atoms with Crippen molar-refractivity contribution in [3.05, 3.63) is 52.1 Å². The Morgan fingerprint density at radius 3 is 2.70 bits per heavy atom. The molecule has 2 aromatic rings. The molecule has 0 saturated carbocycles. The largest absolute Gasteiger partial charge is 0.496 e. The number of Topliss-reactive ketones (excluding diaryl/α,β-unsaturated/α-hetero) is 1. The summed E-state index contributed by atoms with van der Waals surface area (Å²) in [5.41, 5.74) is 4.29. The van der Waals surface area contributed by atoms with Crippen LogP contribution in [0, 0.1) is 0 Å². The van der Waals surface area contributed by atoms with E-state index in [1.54, 1.807) is 13.2 Å². The van der Waals surface area contributed by atoms with Crippen LogP contribution < -0.4 is 14.2 Å². The van der Waals surface area contributed by atoms with Crippen molar-refractivity contribution >= 4 is 5.78 Å². The molecule has 0 bridgehead atoms. The van der Waals surface area contributed by atoms with Crippen LogP contribution in [0.25, 0.3) is 0 Å². The third-order valence-electron chi connectivity index (χ3n) is 5.25. The number of aliphatic hydroxyl groups excluding tert-OH is 1. The zero-order chi connectivity index (χ0) is 19.0. The van der Waals surface area contributed by atoms with E-state index in [9.17, 15) is 9.90 Å². The summed E-state index contributed by atoms with van der Waals surface area (Å²) in [7, 11) is 3.65. The van der Waals surface area contributed by atoms with E-state index in [2.05, 4.69) is 4.90 Å². The van der Waals surface area contributed by atoms with E-state index in [0.29, 0.717) is 29.4 Å². The fourth-order valence-corrected chi connectivity index (χ4v) is 3.81. The van der Waals surface area contributed by atoms with Gasteiger partial charge in [-0.05, 0) is 36.7 Å². The molecule has 0 unspecified atom stereocenters. The number of hydrogen-bond donors (Lipinski definition) is 1. The Morgan fingerprint density at radius 1 is 1.19 bits per heavy atom. The van der Waals surface area contributed by atoms with Gasteiger partial charge in [0.2, 0.25) is 6.79 Å². The van der Waals surface area contributed by atoms with E-state index in [4.69, 9.17) is 14.2 Å². The second kappa shape index (κ2) is 7.21. The molecule has 0 radical (unpaired) electrons. The van der Waals surface area contributed by atoms with Crippen molar-refractivity contribution in [3.63, 3.8) is 0 Å². The van der Waals surface area contributed by atoms with Crippen LogP contribution in [0.3, 0.4) is 0 Å². The van der Waals surface area contributed by atoms with Crippen molar-refractivity contribution in [3.8, 4) is 17.2 Å². The lowest BCUT2D eigenvalue weighted by molar-refractivity contribution is 0.0990. The first-order chi connectivity index (χ1) is 13.1. The van der Waals surface area contributed by atoms with Crippen LogP contribution in [-0.2, 0) is 26.0 Å². The zero-order valence-corrected chi connectivity index (χ0v) is 15.6. The van der Waals surface area contributed by atoms with E-state index < -0.39 is 0 Å². The third kappa shape index (κ3) is 3.26. The number of methoxy groups -OCH3 is 1. The van der Waals surface area contributed by atoms with Crippen LogP contribution in [0.2, 0.25) is 0 Å². The lowest BCUT2D eigenvalue weighted by Gasteiger charge is -2.24. The van der Waals surface area contributed by atoms with Gasteiger partial charge in [-0.3, -0.25) is 4.79 Å². The van der Waals surface area contributed by atoms with Crippen LogP contribution >= 0.6 is 0 Å². The second-order valence-corrected chi connectivity index (χ2v) is 7.00. The molecule has 0 fully saturated rings. The molecule has 1 N–H and O–H groups in total. The van der Waals surface area contributed by atoms with Crippen LogP contribution in [0.15, 0.2) is 24.3 Å². The minimum Gasteiger partial charge on any atom is -0.496 e. The Hall–Kier alpha value is -2.57. The Balaban J connectivity index is 1.80. The molecule has 2 aromatic carbocycles. The van der Waals surface area contributed by atoms with Crippen LogP contribution in [0.1, 0.15) is 32.6 Å². The molecule has 6 heteroatoms. The minimum absolute atomic E-state index is 0.0490. The van der Waals surface area contributed by atoms with Gasteiger partial charge in [0.05, 0.1) is 13.7 Å². The summed E-state index contributed by atoms with van der Waals surface area (Å²) in [5.74, 6) is 2.05. The summed E-state index contributed by atoms with van der Waals surface area (Å²) in [4.78, 5) is 15.3. The molecule has 4 rings (SSSR count). The van der Waals surface area contributed by atoms with Crippen molar-refractivity contribution in [2.24, 2.45) is 0 Å². The normalized spacial score (nSPS) is 16.6. The number of carbonyl (C=O) groups is 1. The first-order valence-electron chi connectivity index (χ1n) is 9.03. The van der Waals surface area contributed by atoms with Crippen LogP contribution in [0.5, 0.6) is 17.2 Å². The van der Waals surface area contributed by atoms with Crippen molar-refractivity contribution < 1.29 is 24.1 Å². The first-order valence-corrected chi connectivity index (χ1v) is 9.03. The summed E-state index contributed by atoms with van der Waals surface area (Å²) in [5, 5.41) is 9.63. The molecule has 2 aliphatic rings. The first kappa shape index (κ1) is 17.8. The van der Waals surface area contributed by atoms with Crippen molar-refractivity contribution in [1.29, 1.82) is 0 Å². The van der Waals surface area contributed by atoms with Gasteiger partial charge >= 0.3 is 0 Å². The summed E-state index contributed by atoms with van der Waals surface area (Å²) in [6.45, 7) is 1.53. The van der Waals surface area contributed by atoms with Crippen molar-refractivity contribution in [2.45, 2.75) is 26.0 Å². The lowest BCUT2D eigenvalue weighted by Crippen LogP contribution is -2.25. The maximum absolute atomic E-state index is 13.1. The third-order valence-corrected chi connectivity index (χ3v) is 5.25. The Kier molecular flexibility index (Phi) is 4.76. The predicted octanol–water partition coefficient (Wildman–Crippen LogP) is 2.33. The number of fused-ring (bicyclic) bond motifs is 3. The number of likely N-dealkylation sites (N-methyl/N-ethyl adjacent to an activating group) is 1. The average Bonchev–Trinajstić information content (AvgIpc) is 3.13. The molecule has 27 heavy (non-hydrogen) atoms. The number of benzene rings is 2. The van der Waals surface area contributed by atoms with Gasteiger partial charge in [-0.25, -0.2) is 0 Å². The molecular formula is C21H23NO5. The van der Waals surface area contributed by atoms with Crippen LogP contribution in [0.4, 0.5) is 0 Å². The Morgan fingerprint density at radius 2 is 1.96 bits per heavy atom. The topological polar surface area (TPSA) is 68.2 Å². The number of aliphatic hydroxyl groups is 1. The molecule has 0 amide bonds. The zero-order valence-electron chi connectivity index (χ0n) is 15.6. The number of hydrogen-bond acceptors (Lipinski definition) is 6. The minimum atomic E-state index is -0.0968. The van der Waals surface area contributed by atoms with Gasteiger partial charge in [-0.1, -0.05) is 12.1 Å². The molecule has 0 aromatic heterocycles. The fraction of sp³-hybridized carbons (Fsp3) is 0.381. The maximum atomic E-state index is 13.1. The SMILES string of the molecule is COc1c(CO)ccc2c1CN(C)CCc1cc3c(cc1C(=O)C2)OCO3. The van der Waals surface area contributed by atoms with Gasteiger partial charge in [0, 0.05) is 36.2 Å². The van der Waals surface area contributed by atoms with Gasteiger partial charge < -0.3 is 24.2 Å². The number of ether oxygens (including phenoxy) is 3. The second-order valence-electron chi connectivity index (χ2n) is 7.00. The predicted molar refractivity (Wildman–Crippen MR) is 99.6 cm³/mol. The quantitative estimate of drug-likeness (QED) is 0.876. The van der Waals surface area contributed by atoms with E-state index in [1.165, 1.54) is 0 Å². The smallest absolute Gasteiger partial charge is 0.231 e. The molecule has 0 aliphatic carbocycles. The van der Waals surface area contributed by atoms with Gasteiger partial charge in [0.1, 0.15) is 5.75 Å². The summed E-state index contributed by atoms with van der Waals surface area (Å²) >= 11 is 0. The monoisotopic (exact) mass is 369 g/mol. The Bertz CT molecular complexity index is 893. The average molecular weight is 369 g/mol. The summed E-state index contributed by atoms with van der Waals surface area (Å²) in [6.07, 6.45) is 1.02. The molecule has 0 spiro atoms. The maximum Gasteiger partial charge on any atom is 0.231 e. The number of ketones is 1. The summed E-state index contributed by atoms with van der Waals surface area (Å²) in [6, 6.07) is 7.49. The van der Waals surface area contributed by atoms with E-state index in [1.807, 2.05) is 25.2 Å². The van der Waals surface area contributed by atoms with Gasteiger partial charge in [-0.15, -0.1) is 0 Å². The van der Waals surface area contributed by atoms with E-state index >= 15 is 0 Å². The Labute approximate surface area is 158 Å². The van der Waals surface area contributed by atoms with Crippen molar-refractivity contribution in [2.75, 3.05) is 27.5 Å². The highest BCUT2D eigenvalue weighted by Gasteiger charge is 2.24.